The molecule has 0 aliphatic carbocycles. The van der Waals surface area contributed by atoms with Gasteiger partial charge in [-0.2, -0.15) is 10.1 Å². The summed E-state index contributed by atoms with van der Waals surface area (Å²) in [5, 5.41) is 13.0. The molecule has 2 amide bonds. The van der Waals surface area contributed by atoms with Crippen molar-refractivity contribution < 1.29 is 23.6 Å². The smallest absolute Gasteiger partial charge is 0.410 e. The van der Waals surface area contributed by atoms with E-state index in [9.17, 15) is 9.59 Å². The quantitative estimate of drug-likeness (QED) is 0.101. The molecule has 1 saturated heterocycles. The van der Waals surface area contributed by atoms with E-state index >= 15 is 0 Å². The maximum atomic E-state index is 13.1. The molecule has 14 nitrogen and oxygen atoms in total. The lowest BCUT2D eigenvalue weighted by Gasteiger charge is -2.34. The van der Waals surface area contributed by atoms with Gasteiger partial charge in [0.1, 0.15) is 24.3 Å². The van der Waals surface area contributed by atoms with Gasteiger partial charge in [-0.1, -0.05) is 57.7 Å². The number of nitrogens with one attached hydrogen (secondary N) is 1. The second-order valence-corrected chi connectivity index (χ2v) is 24.5. The highest BCUT2D eigenvalue weighted by Gasteiger charge is 2.31. The monoisotopic (exact) mass is 811 g/mol. The fraction of sp³-hybridized carbons (Fsp3) is 0.558. The van der Waals surface area contributed by atoms with Crippen molar-refractivity contribution >= 4 is 31.1 Å². The average molecular weight is 812 g/mol. The summed E-state index contributed by atoms with van der Waals surface area (Å²) in [6.45, 7) is 29.0. The number of amides is 2. The molecule has 4 aromatic heterocycles. The molecule has 0 radical (unpaired) electrons. The highest BCUT2D eigenvalue weighted by Crippen LogP contribution is 2.38. The van der Waals surface area contributed by atoms with Crippen molar-refractivity contribution in [3.8, 4) is 22.5 Å². The first-order chi connectivity index (χ1) is 27.1. The van der Waals surface area contributed by atoms with Gasteiger partial charge in [0.05, 0.1) is 29.2 Å². The highest BCUT2D eigenvalue weighted by molar-refractivity contribution is 6.76. The normalized spacial score (nSPS) is 14.9. The van der Waals surface area contributed by atoms with E-state index in [-0.39, 0.29) is 29.5 Å². The van der Waals surface area contributed by atoms with E-state index in [1.54, 1.807) is 11.2 Å². The number of likely N-dealkylation sites (tertiary alicyclic amines) is 1. The summed E-state index contributed by atoms with van der Waals surface area (Å²) in [5.74, 6) is 0.00471. The number of carbonyl (C=O) groups is 2. The first kappa shape index (κ1) is 42.7. The molecular weight excluding hydrogens is 751 g/mol. The molecule has 0 unspecified atom stereocenters. The maximum Gasteiger partial charge on any atom is 0.410 e. The summed E-state index contributed by atoms with van der Waals surface area (Å²) in [4.78, 5) is 41.6. The Labute approximate surface area is 343 Å². The van der Waals surface area contributed by atoms with Crippen molar-refractivity contribution in [3.05, 3.63) is 64.8 Å². The Morgan fingerprint density at radius 3 is 2.34 bits per heavy atom. The van der Waals surface area contributed by atoms with Crippen LogP contribution in [-0.2, 0) is 21.6 Å². The molecule has 1 N–H and O–H groups in total. The minimum atomic E-state index is -1.31. The van der Waals surface area contributed by atoms with Crippen LogP contribution in [0.15, 0.2) is 35.1 Å². The van der Waals surface area contributed by atoms with Crippen molar-refractivity contribution in [1.82, 2.24) is 44.7 Å². The maximum absolute atomic E-state index is 13.1. The number of nitrogens with zero attached hydrogens (tertiary/aromatic N) is 8. The van der Waals surface area contributed by atoms with Crippen LogP contribution in [0.3, 0.4) is 0 Å². The Balaban J connectivity index is 1.30. The number of rotatable bonds is 11. The molecule has 5 heterocycles. The Morgan fingerprint density at radius 2 is 1.72 bits per heavy atom. The molecule has 1 aliphatic rings. The van der Waals surface area contributed by atoms with Crippen LogP contribution in [-0.4, -0.2) is 84.7 Å². The molecule has 58 heavy (non-hydrogen) atoms. The molecule has 0 saturated carbocycles. The molecule has 1 aliphatic heterocycles. The summed E-state index contributed by atoms with van der Waals surface area (Å²) < 4.78 is 21.6. The minimum absolute atomic E-state index is 0.0567. The van der Waals surface area contributed by atoms with Gasteiger partial charge in [-0.25, -0.2) is 14.8 Å². The van der Waals surface area contributed by atoms with Gasteiger partial charge in [-0.3, -0.25) is 9.48 Å². The predicted molar refractivity (Wildman–Crippen MR) is 227 cm³/mol. The highest BCUT2D eigenvalue weighted by atomic mass is 28.3. The number of fused-ring (bicyclic) bond motifs is 1. The molecule has 1 atom stereocenters. The third-order valence-corrected chi connectivity index (χ3v) is 12.3. The van der Waals surface area contributed by atoms with Crippen LogP contribution in [0.25, 0.3) is 33.5 Å². The third kappa shape index (κ3) is 9.52. The van der Waals surface area contributed by atoms with Crippen molar-refractivity contribution in [2.75, 3.05) is 19.7 Å². The first-order valence-electron chi connectivity index (χ1n) is 20.3. The van der Waals surface area contributed by atoms with E-state index in [1.807, 2.05) is 67.5 Å². The van der Waals surface area contributed by atoms with E-state index in [0.717, 1.165) is 74.9 Å². The molecule has 6 rings (SSSR count). The van der Waals surface area contributed by atoms with E-state index in [0.29, 0.717) is 32.3 Å². The summed E-state index contributed by atoms with van der Waals surface area (Å²) in [7, 11) is -1.31. The van der Waals surface area contributed by atoms with Crippen LogP contribution in [0.2, 0.25) is 25.7 Å². The van der Waals surface area contributed by atoms with Gasteiger partial charge < -0.3 is 28.8 Å². The van der Waals surface area contributed by atoms with Gasteiger partial charge in [0.25, 0.3) is 0 Å². The standard InChI is InChI=1S/C43H61N9O5Si/c1-26-22-30(14-15-32(26)27(2)46-38(53)39-47-40(49-57-39)42(5,6)7)36-33-23-34(51(37(33)45-24-44-36)25-55-20-21-58(11,12)13)35-28(3)48-52(29(35)4)31-16-18-50(19-17-31)41(54)56-43(8,9)10/h14-15,22-24,27,31H,16-21,25H2,1-13H3,(H,46,53)/t27-/m1/s1. The number of aryl methyl sites for hydroxylation is 2. The van der Waals surface area contributed by atoms with Gasteiger partial charge >= 0.3 is 17.9 Å². The van der Waals surface area contributed by atoms with E-state index in [4.69, 9.17) is 29.1 Å². The number of piperidine rings is 1. The lowest BCUT2D eigenvalue weighted by Crippen LogP contribution is -2.42. The minimum Gasteiger partial charge on any atom is -0.444 e. The Bertz CT molecular complexity index is 2280. The van der Waals surface area contributed by atoms with Crippen LogP contribution in [0.1, 0.15) is 112 Å². The Kier molecular flexibility index (Phi) is 12.1. The summed E-state index contributed by atoms with van der Waals surface area (Å²) >= 11 is 0. The van der Waals surface area contributed by atoms with Crippen molar-refractivity contribution in [3.63, 3.8) is 0 Å². The molecular formula is C43H61N9O5Si. The number of hydrogen-bond donors (Lipinski definition) is 1. The average Bonchev–Trinajstić information content (AvgIpc) is 3.85. The second-order valence-electron chi connectivity index (χ2n) is 18.9. The van der Waals surface area contributed by atoms with E-state index in [1.165, 1.54) is 0 Å². The largest absolute Gasteiger partial charge is 0.444 e. The van der Waals surface area contributed by atoms with Crippen molar-refractivity contribution in [1.29, 1.82) is 0 Å². The first-order valence-corrected chi connectivity index (χ1v) is 24.0. The lowest BCUT2D eigenvalue weighted by atomic mass is 9.96. The number of carbonyl (C=O) groups excluding carboxylic acids is 2. The van der Waals surface area contributed by atoms with E-state index < -0.39 is 19.6 Å². The summed E-state index contributed by atoms with van der Waals surface area (Å²) in [6, 6.07) is 9.22. The molecule has 1 fully saturated rings. The molecule has 15 heteroatoms. The predicted octanol–water partition coefficient (Wildman–Crippen LogP) is 8.94. The summed E-state index contributed by atoms with van der Waals surface area (Å²) in [6.07, 6.45) is 2.92. The van der Waals surface area contributed by atoms with Crippen molar-refractivity contribution in [2.45, 2.75) is 138 Å². The van der Waals surface area contributed by atoms with Gasteiger partial charge in [0.15, 0.2) is 5.82 Å². The fourth-order valence-corrected chi connectivity index (χ4v) is 8.20. The number of benzene rings is 1. The molecule has 0 bridgehead atoms. The van der Waals surface area contributed by atoms with Gasteiger partial charge in [-0.15, -0.1) is 0 Å². The Morgan fingerprint density at radius 1 is 1.02 bits per heavy atom. The fourth-order valence-electron chi connectivity index (χ4n) is 7.44. The number of hydrogen-bond acceptors (Lipinski definition) is 10. The number of ether oxygens (including phenoxy) is 2. The summed E-state index contributed by atoms with van der Waals surface area (Å²) in [5.41, 5.74) is 7.59. The zero-order valence-electron chi connectivity index (χ0n) is 36.6. The SMILES string of the molecule is Cc1cc(-c2ncnc3c2cc(-c2c(C)nn(C4CCN(C(=O)OC(C)(C)C)CC4)c2C)n3COCC[Si](C)(C)C)ccc1[C@@H](C)NC(=O)c1nc(C(C)(C)C)no1. The topological polar surface area (TPSA) is 155 Å². The zero-order chi connectivity index (χ0) is 42.3. The lowest BCUT2D eigenvalue weighted by molar-refractivity contribution is 0.0184. The van der Waals surface area contributed by atoms with Crippen molar-refractivity contribution in [2.24, 2.45) is 0 Å². The van der Waals surface area contributed by atoms with Gasteiger partial charge in [0, 0.05) is 55.4 Å². The second kappa shape index (κ2) is 16.4. The van der Waals surface area contributed by atoms with Crippen LogP contribution < -0.4 is 5.32 Å². The van der Waals surface area contributed by atoms with Gasteiger partial charge in [-0.05, 0) is 90.6 Å². The van der Waals surface area contributed by atoms with Crippen LogP contribution >= 0.6 is 0 Å². The van der Waals surface area contributed by atoms with E-state index in [2.05, 4.69) is 70.3 Å². The van der Waals surface area contributed by atoms with Gasteiger partial charge in [0.2, 0.25) is 0 Å². The molecule has 0 spiro atoms. The van der Waals surface area contributed by atoms with Crippen LogP contribution in [0, 0.1) is 20.8 Å². The van der Waals surface area contributed by atoms with Crippen LogP contribution in [0.5, 0.6) is 0 Å². The molecule has 5 aromatic rings. The molecule has 1 aromatic carbocycles. The molecule has 312 valence electrons. The zero-order valence-corrected chi connectivity index (χ0v) is 37.6. The van der Waals surface area contributed by atoms with Crippen LogP contribution in [0.4, 0.5) is 4.79 Å². The Hall–Kier alpha value is -4.89. The number of aromatic nitrogens is 7. The third-order valence-electron chi connectivity index (χ3n) is 10.6.